The summed E-state index contributed by atoms with van der Waals surface area (Å²) in [6, 6.07) is 4.83. The van der Waals surface area contributed by atoms with Crippen molar-refractivity contribution in [2.45, 2.75) is 17.3 Å². The molecule has 1 heterocycles. The first-order valence-corrected chi connectivity index (χ1v) is 6.50. The van der Waals surface area contributed by atoms with Crippen LogP contribution in [0.1, 0.15) is 5.56 Å². The summed E-state index contributed by atoms with van der Waals surface area (Å²) in [7, 11) is -3.81. The third kappa shape index (κ3) is 1.69. The highest BCUT2D eigenvalue weighted by molar-refractivity contribution is 7.92. The Balaban J connectivity index is 2.91. The number of fused-ring (bicyclic) bond motifs is 1. The fourth-order valence-corrected chi connectivity index (χ4v) is 2.99. The zero-order chi connectivity index (χ0) is 13.7. The van der Waals surface area contributed by atoms with E-state index in [2.05, 4.69) is 0 Å². The fraction of sp³-hybridized carbons (Fsp3) is 0.273. The van der Waals surface area contributed by atoms with Crippen LogP contribution in [-0.2, 0) is 16.9 Å². The number of nitrogens with zero attached hydrogens (tertiary/aromatic N) is 1. The molecule has 0 fully saturated rings. The molecule has 0 radical (unpaired) electrons. The largest absolute Gasteiger partial charge is 0.501 e. The van der Waals surface area contributed by atoms with Gasteiger partial charge in [0.2, 0.25) is 0 Å². The van der Waals surface area contributed by atoms with Crippen LogP contribution in [0.5, 0.6) is 0 Å². The summed E-state index contributed by atoms with van der Waals surface area (Å²) in [5, 5.41) is 0.123. The van der Waals surface area contributed by atoms with Crippen molar-refractivity contribution in [1.29, 1.82) is 0 Å². The van der Waals surface area contributed by atoms with Crippen LogP contribution in [0, 0.1) is 6.92 Å². The fourth-order valence-electron chi connectivity index (χ4n) is 1.91. The van der Waals surface area contributed by atoms with E-state index in [-0.39, 0.29) is 5.39 Å². The third-order valence-corrected chi connectivity index (χ3v) is 4.28. The normalized spacial score (nSPS) is 13.2. The van der Waals surface area contributed by atoms with Gasteiger partial charge in [0.15, 0.2) is 0 Å². The number of benzene rings is 1. The van der Waals surface area contributed by atoms with E-state index >= 15 is 0 Å². The Morgan fingerprint density at radius 2 is 1.83 bits per heavy atom. The zero-order valence-electron chi connectivity index (χ0n) is 9.62. The van der Waals surface area contributed by atoms with Crippen LogP contribution in [0.4, 0.5) is 13.2 Å². The van der Waals surface area contributed by atoms with E-state index in [0.29, 0.717) is 11.1 Å². The molecular weight excluding hydrogens is 267 g/mol. The Morgan fingerprint density at radius 3 is 2.39 bits per heavy atom. The predicted octanol–water partition coefficient (Wildman–Crippen LogP) is 2.78. The zero-order valence-corrected chi connectivity index (χ0v) is 10.4. The van der Waals surface area contributed by atoms with Crippen molar-refractivity contribution >= 4 is 20.7 Å². The van der Waals surface area contributed by atoms with Crippen LogP contribution >= 0.6 is 0 Å². The van der Waals surface area contributed by atoms with Crippen molar-refractivity contribution in [3.63, 3.8) is 0 Å². The minimum absolute atomic E-state index is 0.123. The molecule has 2 aromatic rings. The van der Waals surface area contributed by atoms with Crippen LogP contribution in [0.2, 0.25) is 0 Å². The molecule has 3 nitrogen and oxygen atoms in total. The second-order valence-electron chi connectivity index (χ2n) is 4.02. The van der Waals surface area contributed by atoms with E-state index < -0.39 is 20.2 Å². The monoisotopic (exact) mass is 277 g/mol. The maximum Gasteiger partial charge on any atom is 0.501 e. The molecule has 0 aliphatic rings. The molecule has 18 heavy (non-hydrogen) atoms. The molecule has 7 heteroatoms. The molecule has 0 amide bonds. The summed E-state index contributed by atoms with van der Waals surface area (Å²) in [6.07, 6.45) is 1.00. The first kappa shape index (κ1) is 12.9. The number of hydrogen-bond donors (Lipinski definition) is 0. The first-order chi connectivity index (χ1) is 8.16. The Kier molecular flexibility index (Phi) is 2.69. The summed E-state index contributed by atoms with van der Waals surface area (Å²) in [4.78, 5) is -0.689. The van der Waals surface area contributed by atoms with Gasteiger partial charge in [0.25, 0.3) is 9.84 Å². The molecule has 0 N–H and O–H groups in total. The lowest BCUT2D eigenvalue weighted by molar-refractivity contribution is -0.0435. The molecule has 0 aliphatic carbocycles. The highest BCUT2D eigenvalue weighted by Gasteiger charge is 2.48. The van der Waals surface area contributed by atoms with Gasteiger partial charge in [0.05, 0.1) is 0 Å². The van der Waals surface area contributed by atoms with E-state index in [1.165, 1.54) is 11.6 Å². The number of alkyl halides is 3. The van der Waals surface area contributed by atoms with Gasteiger partial charge in [0, 0.05) is 24.1 Å². The molecule has 0 bridgehead atoms. The van der Waals surface area contributed by atoms with Crippen molar-refractivity contribution in [1.82, 2.24) is 4.57 Å². The maximum absolute atomic E-state index is 12.6. The van der Waals surface area contributed by atoms with E-state index in [1.54, 1.807) is 25.1 Å². The van der Waals surface area contributed by atoms with Gasteiger partial charge in [-0.05, 0) is 18.6 Å². The predicted molar refractivity (Wildman–Crippen MR) is 60.9 cm³/mol. The molecular formula is C11H10F3NO2S. The minimum Gasteiger partial charge on any atom is -0.349 e. The molecule has 2 rings (SSSR count). The average Bonchev–Trinajstić information content (AvgIpc) is 2.57. The number of sulfone groups is 1. The van der Waals surface area contributed by atoms with Crippen LogP contribution in [-0.4, -0.2) is 18.5 Å². The Labute approximate surface area is 102 Å². The summed E-state index contributed by atoms with van der Waals surface area (Å²) in [5.41, 5.74) is -4.34. The minimum atomic E-state index is -5.33. The average molecular weight is 277 g/mol. The molecule has 0 aliphatic heterocycles. The molecule has 0 saturated heterocycles. The molecule has 98 valence electrons. The summed E-state index contributed by atoms with van der Waals surface area (Å²) >= 11 is 0. The highest BCUT2D eigenvalue weighted by Crippen LogP contribution is 2.36. The van der Waals surface area contributed by atoms with E-state index in [4.69, 9.17) is 0 Å². The second-order valence-corrected chi connectivity index (χ2v) is 5.93. The molecule has 0 saturated carbocycles. The van der Waals surface area contributed by atoms with Gasteiger partial charge in [-0.2, -0.15) is 13.2 Å². The standard InChI is InChI=1S/C11H10F3NO2S/c1-7-4-3-5-8-10(7)9(6-15(8)2)18(16,17)11(12,13)14/h3-6H,1-2H3. The van der Waals surface area contributed by atoms with Crippen molar-refractivity contribution in [2.75, 3.05) is 0 Å². The molecule has 0 atom stereocenters. The summed E-state index contributed by atoms with van der Waals surface area (Å²) in [5.74, 6) is 0. The van der Waals surface area contributed by atoms with Crippen LogP contribution in [0.3, 0.4) is 0 Å². The van der Waals surface area contributed by atoms with Gasteiger partial charge in [-0.15, -0.1) is 0 Å². The maximum atomic E-state index is 12.6. The van der Waals surface area contributed by atoms with Gasteiger partial charge in [-0.1, -0.05) is 12.1 Å². The van der Waals surface area contributed by atoms with E-state index in [1.807, 2.05) is 0 Å². The lowest BCUT2D eigenvalue weighted by Crippen LogP contribution is -2.23. The Morgan fingerprint density at radius 1 is 1.22 bits per heavy atom. The van der Waals surface area contributed by atoms with Crippen molar-refractivity contribution < 1.29 is 21.6 Å². The van der Waals surface area contributed by atoms with Gasteiger partial charge in [-0.25, -0.2) is 8.42 Å². The second kappa shape index (κ2) is 3.74. The van der Waals surface area contributed by atoms with Gasteiger partial charge in [-0.3, -0.25) is 0 Å². The highest BCUT2D eigenvalue weighted by atomic mass is 32.2. The Bertz CT molecular complexity index is 714. The van der Waals surface area contributed by atoms with Crippen molar-refractivity contribution in [3.05, 3.63) is 30.0 Å². The smallest absolute Gasteiger partial charge is 0.349 e. The number of aryl methyl sites for hydroxylation is 2. The number of halogens is 3. The number of aromatic nitrogens is 1. The van der Waals surface area contributed by atoms with E-state index in [9.17, 15) is 21.6 Å². The lowest BCUT2D eigenvalue weighted by atomic mass is 10.1. The Hall–Kier alpha value is -1.50. The van der Waals surface area contributed by atoms with Crippen molar-refractivity contribution in [2.24, 2.45) is 7.05 Å². The van der Waals surface area contributed by atoms with Crippen molar-refractivity contribution in [3.8, 4) is 0 Å². The van der Waals surface area contributed by atoms with E-state index in [0.717, 1.165) is 6.20 Å². The van der Waals surface area contributed by atoms with Gasteiger partial charge < -0.3 is 4.57 Å². The SMILES string of the molecule is Cc1cccc2c1c(S(=O)(=O)C(F)(F)F)cn2C. The lowest BCUT2D eigenvalue weighted by Gasteiger charge is -2.07. The first-order valence-electron chi connectivity index (χ1n) is 5.02. The number of rotatable bonds is 1. The molecule has 1 aromatic carbocycles. The molecule has 0 unspecified atom stereocenters. The van der Waals surface area contributed by atoms with Gasteiger partial charge in [0.1, 0.15) is 4.90 Å². The summed E-state index contributed by atoms with van der Waals surface area (Å²) in [6.45, 7) is 1.58. The van der Waals surface area contributed by atoms with Crippen LogP contribution < -0.4 is 0 Å². The summed E-state index contributed by atoms with van der Waals surface area (Å²) < 4.78 is 62.1. The molecule has 1 aromatic heterocycles. The van der Waals surface area contributed by atoms with Crippen LogP contribution in [0.15, 0.2) is 29.3 Å². The molecule has 0 spiro atoms. The topological polar surface area (TPSA) is 39.1 Å². The van der Waals surface area contributed by atoms with Gasteiger partial charge >= 0.3 is 5.51 Å². The number of hydrogen-bond acceptors (Lipinski definition) is 2. The third-order valence-electron chi connectivity index (χ3n) is 2.78. The van der Waals surface area contributed by atoms with Crippen LogP contribution in [0.25, 0.3) is 10.9 Å². The quantitative estimate of drug-likeness (QED) is 0.804.